The molecule has 3 aromatic rings. The minimum atomic E-state index is -0.571. The number of benzene rings is 2. The number of halogens is 2. The van der Waals surface area contributed by atoms with Gasteiger partial charge in [-0.25, -0.2) is 9.18 Å². The average Bonchev–Trinajstić information content (AvgIpc) is 3.06. The van der Waals surface area contributed by atoms with Crippen molar-refractivity contribution >= 4 is 45.8 Å². The standard InChI is InChI=1S/C20H14ClFN2O4/c21-15-9-14(3-4-16(15)22)24-10-12(8-18(24)25)20(27)23-13-2-5-17-11(7-13)1-6-19(26)28-17/h1-7,9,12H,8,10H2,(H,23,27). The van der Waals surface area contributed by atoms with Gasteiger partial charge in [-0.05, 0) is 42.5 Å². The van der Waals surface area contributed by atoms with Gasteiger partial charge in [0.15, 0.2) is 0 Å². The van der Waals surface area contributed by atoms with Crippen LogP contribution in [0.5, 0.6) is 0 Å². The Labute approximate surface area is 163 Å². The lowest BCUT2D eigenvalue weighted by molar-refractivity contribution is -0.122. The lowest BCUT2D eigenvalue weighted by Gasteiger charge is -2.17. The maximum atomic E-state index is 13.3. The number of hydrogen-bond acceptors (Lipinski definition) is 4. The largest absolute Gasteiger partial charge is 0.423 e. The molecular formula is C20H14ClFN2O4. The normalized spacial score (nSPS) is 16.6. The zero-order valence-electron chi connectivity index (χ0n) is 14.4. The van der Waals surface area contributed by atoms with E-state index in [-0.39, 0.29) is 29.8 Å². The first-order valence-corrected chi connectivity index (χ1v) is 8.89. The van der Waals surface area contributed by atoms with Crippen molar-refractivity contribution in [2.45, 2.75) is 6.42 Å². The number of carbonyl (C=O) groups excluding carboxylic acids is 2. The Bertz CT molecular complexity index is 1160. The fourth-order valence-electron chi connectivity index (χ4n) is 3.18. The molecule has 6 nitrogen and oxygen atoms in total. The summed E-state index contributed by atoms with van der Waals surface area (Å²) >= 11 is 5.78. The second-order valence-electron chi connectivity index (χ2n) is 6.50. The van der Waals surface area contributed by atoms with Gasteiger partial charge in [0.2, 0.25) is 11.8 Å². The molecule has 1 fully saturated rings. The third kappa shape index (κ3) is 3.48. The predicted molar refractivity (Wildman–Crippen MR) is 103 cm³/mol. The molecule has 1 N–H and O–H groups in total. The van der Waals surface area contributed by atoms with Crippen LogP contribution in [-0.4, -0.2) is 18.4 Å². The van der Waals surface area contributed by atoms with Gasteiger partial charge in [-0.15, -0.1) is 0 Å². The molecule has 8 heteroatoms. The van der Waals surface area contributed by atoms with Crippen LogP contribution in [0, 0.1) is 11.7 Å². The van der Waals surface area contributed by atoms with Crippen LogP contribution in [0.2, 0.25) is 5.02 Å². The molecule has 1 aliphatic heterocycles. The number of amides is 2. The SMILES string of the molecule is O=C(Nc1ccc2oc(=O)ccc2c1)C1CC(=O)N(c2ccc(F)c(Cl)c2)C1. The topological polar surface area (TPSA) is 79.6 Å². The van der Waals surface area contributed by atoms with Crippen molar-refractivity contribution in [1.82, 2.24) is 0 Å². The lowest BCUT2D eigenvalue weighted by atomic mass is 10.1. The highest BCUT2D eigenvalue weighted by molar-refractivity contribution is 6.31. The summed E-state index contributed by atoms with van der Waals surface area (Å²) < 4.78 is 18.4. The molecule has 1 unspecified atom stereocenters. The minimum Gasteiger partial charge on any atom is -0.423 e. The van der Waals surface area contributed by atoms with E-state index in [1.54, 1.807) is 24.3 Å². The van der Waals surface area contributed by atoms with Gasteiger partial charge in [0.05, 0.1) is 10.9 Å². The zero-order valence-corrected chi connectivity index (χ0v) is 15.2. The second-order valence-corrected chi connectivity index (χ2v) is 6.91. The van der Waals surface area contributed by atoms with E-state index in [2.05, 4.69) is 5.32 Å². The van der Waals surface area contributed by atoms with Crippen molar-refractivity contribution in [2.75, 3.05) is 16.8 Å². The summed E-state index contributed by atoms with van der Waals surface area (Å²) in [6, 6.07) is 11.8. The first-order chi connectivity index (χ1) is 13.4. The maximum absolute atomic E-state index is 13.3. The first kappa shape index (κ1) is 18.2. The van der Waals surface area contributed by atoms with Crippen LogP contribution in [0.25, 0.3) is 11.0 Å². The van der Waals surface area contributed by atoms with Gasteiger partial charge in [-0.2, -0.15) is 0 Å². The fourth-order valence-corrected chi connectivity index (χ4v) is 3.35. The van der Waals surface area contributed by atoms with Crippen LogP contribution in [-0.2, 0) is 9.59 Å². The average molecular weight is 401 g/mol. The molecular weight excluding hydrogens is 387 g/mol. The number of anilines is 2. The molecule has 1 atom stereocenters. The quantitative estimate of drug-likeness (QED) is 0.681. The van der Waals surface area contributed by atoms with Gasteiger partial charge < -0.3 is 14.6 Å². The van der Waals surface area contributed by atoms with Crippen molar-refractivity contribution in [1.29, 1.82) is 0 Å². The molecule has 0 spiro atoms. The van der Waals surface area contributed by atoms with Crippen LogP contribution in [0.4, 0.5) is 15.8 Å². The van der Waals surface area contributed by atoms with E-state index in [0.717, 1.165) is 0 Å². The first-order valence-electron chi connectivity index (χ1n) is 8.51. The third-order valence-corrected chi connectivity index (χ3v) is 4.89. The Balaban J connectivity index is 1.49. The second kappa shape index (κ2) is 7.09. The Morgan fingerprint density at radius 1 is 1.14 bits per heavy atom. The van der Waals surface area contributed by atoms with Gasteiger partial charge in [-0.3, -0.25) is 9.59 Å². The summed E-state index contributed by atoms with van der Waals surface area (Å²) in [6.07, 6.45) is 0.0449. The molecule has 28 heavy (non-hydrogen) atoms. The monoisotopic (exact) mass is 400 g/mol. The summed E-state index contributed by atoms with van der Waals surface area (Å²) in [7, 11) is 0. The molecule has 0 aliphatic carbocycles. The molecule has 2 amide bonds. The van der Waals surface area contributed by atoms with Crippen molar-refractivity contribution in [2.24, 2.45) is 5.92 Å². The molecule has 142 valence electrons. The van der Waals surface area contributed by atoms with Crippen LogP contribution < -0.4 is 15.8 Å². The van der Waals surface area contributed by atoms with Crippen molar-refractivity contribution < 1.29 is 18.4 Å². The Hall–Kier alpha value is -3.19. The molecule has 0 radical (unpaired) electrons. The smallest absolute Gasteiger partial charge is 0.336 e. The van der Waals surface area contributed by atoms with E-state index in [1.165, 1.54) is 29.2 Å². The summed E-state index contributed by atoms with van der Waals surface area (Å²) in [5.41, 5.74) is 0.949. The molecule has 2 heterocycles. The summed E-state index contributed by atoms with van der Waals surface area (Å²) in [5.74, 6) is -1.66. The highest BCUT2D eigenvalue weighted by atomic mass is 35.5. The van der Waals surface area contributed by atoms with Gasteiger partial charge in [0.1, 0.15) is 11.4 Å². The van der Waals surface area contributed by atoms with Gasteiger partial charge in [0, 0.05) is 35.8 Å². The summed E-state index contributed by atoms with van der Waals surface area (Å²) in [4.78, 5) is 37.6. The molecule has 0 bridgehead atoms. The van der Waals surface area contributed by atoms with E-state index in [4.69, 9.17) is 16.0 Å². The van der Waals surface area contributed by atoms with Crippen LogP contribution in [0.1, 0.15) is 6.42 Å². The number of hydrogen-bond donors (Lipinski definition) is 1. The third-order valence-electron chi connectivity index (χ3n) is 4.60. The van der Waals surface area contributed by atoms with Crippen LogP contribution in [0.15, 0.2) is 57.7 Å². The van der Waals surface area contributed by atoms with E-state index in [1.807, 2.05) is 0 Å². The van der Waals surface area contributed by atoms with Crippen molar-refractivity contribution in [3.63, 3.8) is 0 Å². The van der Waals surface area contributed by atoms with E-state index >= 15 is 0 Å². The van der Waals surface area contributed by atoms with Crippen molar-refractivity contribution in [3.8, 4) is 0 Å². The van der Waals surface area contributed by atoms with Gasteiger partial charge in [0.25, 0.3) is 0 Å². The number of carbonyl (C=O) groups is 2. The molecule has 1 aliphatic rings. The number of nitrogens with zero attached hydrogens (tertiary/aromatic N) is 1. The highest BCUT2D eigenvalue weighted by Crippen LogP contribution is 2.29. The minimum absolute atomic E-state index is 0.0449. The number of rotatable bonds is 3. The van der Waals surface area contributed by atoms with E-state index < -0.39 is 17.4 Å². The van der Waals surface area contributed by atoms with Crippen LogP contribution >= 0.6 is 11.6 Å². The maximum Gasteiger partial charge on any atom is 0.336 e. The van der Waals surface area contributed by atoms with E-state index in [0.29, 0.717) is 22.3 Å². The molecule has 1 aromatic heterocycles. The zero-order chi connectivity index (χ0) is 19.8. The fraction of sp³-hybridized carbons (Fsp3) is 0.150. The molecule has 4 rings (SSSR count). The Kier molecular flexibility index (Phi) is 4.60. The number of fused-ring (bicyclic) bond motifs is 1. The molecule has 1 saturated heterocycles. The molecule has 0 saturated carbocycles. The van der Waals surface area contributed by atoms with Gasteiger partial charge >= 0.3 is 5.63 Å². The van der Waals surface area contributed by atoms with Gasteiger partial charge in [-0.1, -0.05) is 11.6 Å². The Morgan fingerprint density at radius 2 is 1.96 bits per heavy atom. The predicted octanol–water partition coefficient (Wildman–Crippen LogP) is 3.58. The highest BCUT2D eigenvalue weighted by Gasteiger charge is 2.35. The van der Waals surface area contributed by atoms with E-state index in [9.17, 15) is 18.8 Å². The number of nitrogens with one attached hydrogen (secondary N) is 1. The van der Waals surface area contributed by atoms with Crippen molar-refractivity contribution in [3.05, 3.63) is 69.8 Å². The lowest BCUT2D eigenvalue weighted by Crippen LogP contribution is -2.28. The summed E-state index contributed by atoms with van der Waals surface area (Å²) in [6.45, 7) is 0.176. The molecule has 2 aromatic carbocycles. The Morgan fingerprint density at radius 3 is 2.75 bits per heavy atom. The van der Waals surface area contributed by atoms with Crippen LogP contribution in [0.3, 0.4) is 0 Å². The summed E-state index contributed by atoms with van der Waals surface area (Å²) in [5, 5.41) is 3.37.